The second-order valence-corrected chi connectivity index (χ2v) is 11.0. The molecule has 4 rings (SSSR count). The van der Waals surface area contributed by atoms with Crippen LogP contribution < -0.4 is 15.1 Å². The van der Waals surface area contributed by atoms with Gasteiger partial charge in [-0.2, -0.15) is 0 Å². The van der Waals surface area contributed by atoms with Gasteiger partial charge in [0.1, 0.15) is 5.57 Å². The van der Waals surface area contributed by atoms with Gasteiger partial charge < -0.3 is 4.90 Å². The van der Waals surface area contributed by atoms with Crippen LogP contribution >= 0.6 is 0 Å². The van der Waals surface area contributed by atoms with Crippen molar-refractivity contribution in [2.75, 3.05) is 9.80 Å². The molecule has 1 fully saturated rings. The first-order valence-electron chi connectivity index (χ1n) is 12.2. The number of amides is 4. The fourth-order valence-electron chi connectivity index (χ4n) is 5.87. The standard InChI is InChI=1S/C29H35N3O3/c1-16(2)32-25-12-19(5)21(13-23(25)20(6)15-29(32,7)8)14-24-26(33)30-28(35)31(27(24)34)22-10-17(3)9-18(4)11-22/h9-14,16,20H,15H2,1-8H3,(H,30,33,35)/b24-14+/t20-/m1/s1. The Morgan fingerprint density at radius 2 is 1.63 bits per heavy atom. The molecule has 4 amide bonds. The molecule has 1 atom stereocenters. The largest absolute Gasteiger partial charge is 0.364 e. The minimum absolute atomic E-state index is 0.0268. The predicted octanol–water partition coefficient (Wildman–Crippen LogP) is 5.78. The molecule has 184 valence electrons. The second-order valence-electron chi connectivity index (χ2n) is 11.0. The molecule has 0 spiro atoms. The first-order chi connectivity index (χ1) is 16.3. The molecule has 0 radical (unpaired) electrons. The van der Waals surface area contributed by atoms with E-state index in [1.165, 1.54) is 11.3 Å². The van der Waals surface area contributed by atoms with Crippen LogP contribution in [0.4, 0.5) is 16.2 Å². The van der Waals surface area contributed by atoms with Crippen LogP contribution in [0.25, 0.3) is 6.08 Å². The van der Waals surface area contributed by atoms with E-state index in [1.807, 2.05) is 26.8 Å². The number of fused-ring (bicyclic) bond motifs is 1. The van der Waals surface area contributed by atoms with Gasteiger partial charge in [0.2, 0.25) is 0 Å². The number of nitrogens with one attached hydrogen (secondary N) is 1. The Morgan fingerprint density at radius 1 is 1.00 bits per heavy atom. The Bertz CT molecular complexity index is 1250. The average molecular weight is 474 g/mol. The number of barbiturate groups is 1. The van der Waals surface area contributed by atoms with E-state index in [0.29, 0.717) is 17.6 Å². The average Bonchev–Trinajstić information content (AvgIpc) is 2.69. The lowest BCUT2D eigenvalue weighted by Crippen LogP contribution is -2.54. The Morgan fingerprint density at radius 3 is 2.23 bits per heavy atom. The van der Waals surface area contributed by atoms with Crippen molar-refractivity contribution >= 4 is 35.3 Å². The number of hydrogen-bond donors (Lipinski definition) is 1. The molecule has 2 aromatic carbocycles. The maximum atomic E-state index is 13.4. The van der Waals surface area contributed by atoms with E-state index in [-0.39, 0.29) is 11.1 Å². The monoisotopic (exact) mass is 473 g/mol. The van der Waals surface area contributed by atoms with Crippen molar-refractivity contribution in [3.63, 3.8) is 0 Å². The van der Waals surface area contributed by atoms with E-state index in [4.69, 9.17) is 0 Å². The summed E-state index contributed by atoms with van der Waals surface area (Å²) in [7, 11) is 0. The molecular formula is C29H35N3O3. The number of nitrogens with zero attached hydrogens (tertiary/aromatic N) is 2. The summed E-state index contributed by atoms with van der Waals surface area (Å²) in [6.07, 6.45) is 2.63. The Labute approximate surface area is 208 Å². The highest BCUT2D eigenvalue weighted by molar-refractivity contribution is 6.39. The smallest absolute Gasteiger partial charge is 0.335 e. The second kappa shape index (κ2) is 8.67. The number of hydrogen-bond acceptors (Lipinski definition) is 4. The van der Waals surface area contributed by atoms with E-state index in [9.17, 15) is 14.4 Å². The molecule has 0 unspecified atom stereocenters. The van der Waals surface area contributed by atoms with Crippen LogP contribution in [0.1, 0.15) is 74.8 Å². The van der Waals surface area contributed by atoms with Gasteiger partial charge in [-0.1, -0.05) is 13.0 Å². The van der Waals surface area contributed by atoms with Gasteiger partial charge in [0.25, 0.3) is 11.8 Å². The van der Waals surface area contributed by atoms with Crippen molar-refractivity contribution in [1.82, 2.24) is 5.32 Å². The zero-order valence-electron chi connectivity index (χ0n) is 21.9. The third-order valence-corrected chi connectivity index (χ3v) is 7.05. The molecule has 6 heteroatoms. The summed E-state index contributed by atoms with van der Waals surface area (Å²) >= 11 is 0. The van der Waals surface area contributed by atoms with Crippen molar-refractivity contribution in [1.29, 1.82) is 0 Å². The number of benzene rings is 2. The van der Waals surface area contributed by atoms with Gasteiger partial charge in [-0.25, -0.2) is 9.69 Å². The Balaban J connectivity index is 1.80. The van der Waals surface area contributed by atoms with Crippen molar-refractivity contribution in [2.45, 2.75) is 79.3 Å². The fraction of sp³-hybridized carbons (Fsp3) is 0.414. The summed E-state index contributed by atoms with van der Waals surface area (Å²) in [5.41, 5.74) is 6.50. The summed E-state index contributed by atoms with van der Waals surface area (Å²) in [5, 5.41) is 2.34. The SMILES string of the molecule is Cc1cc(C)cc(N2C(=O)NC(=O)/C(=C\c3cc4c(cc3C)N(C(C)C)C(C)(C)C[C@H]4C)C2=O)c1. The Kier molecular flexibility index (Phi) is 6.12. The minimum atomic E-state index is -0.729. The first-order valence-corrected chi connectivity index (χ1v) is 12.2. The van der Waals surface area contributed by atoms with E-state index in [0.717, 1.165) is 33.6 Å². The van der Waals surface area contributed by atoms with Crippen molar-refractivity contribution in [3.8, 4) is 0 Å². The molecule has 0 aliphatic carbocycles. The van der Waals surface area contributed by atoms with Gasteiger partial charge in [-0.3, -0.25) is 14.9 Å². The molecule has 0 aromatic heterocycles. The van der Waals surface area contributed by atoms with Gasteiger partial charge >= 0.3 is 6.03 Å². The molecule has 2 aliphatic heterocycles. The molecular weight excluding hydrogens is 438 g/mol. The number of carbonyl (C=O) groups excluding carboxylic acids is 3. The minimum Gasteiger partial charge on any atom is -0.364 e. The first kappa shape index (κ1) is 24.7. The normalized spacial score (nSPS) is 21.0. The topological polar surface area (TPSA) is 69.7 Å². The Hall–Kier alpha value is -3.41. The van der Waals surface area contributed by atoms with Gasteiger partial charge in [0.05, 0.1) is 5.69 Å². The molecule has 0 bridgehead atoms. The quantitative estimate of drug-likeness (QED) is 0.453. The molecule has 6 nitrogen and oxygen atoms in total. The highest BCUT2D eigenvalue weighted by Gasteiger charge is 2.39. The molecule has 35 heavy (non-hydrogen) atoms. The van der Waals surface area contributed by atoms with Crippen LogP contribution in [-0.4, -0.2) is 29.4 Å². The fourth-order valence-corrected chi connectivity index (χ4v) is 5.87. The number of rotatable bonds is 3. The number of aryl methyl sites for hydroxylation is 3. The molecule has 1 N–H and O–H groups in total. The molecule has 0 saturated carbocycles. The van der Waals surface area contributed by atoms with E-state index in [2.05, 4.69) is 57.0 Å². The predicted molar refractivity (Wildman–Crippen MR) is 141 cm³/mol. The third kappa shape index (κ3) is 4.38. The zero-order valence-corrected chi connectivity index (χ0v) is 21.9. The lowest BCUT2D eigenvalue weighted by atomic mass is 9.78. The number of urea groups is 1. The maximum Gasteiger partial charge on any atom is 0.335 e. The van der Waals surface area contributed by atoms with Crippen molar-refractivity contribution < 1.29 is 14.4 Å². The summed E-state index contributed by atoms with van der Waals surface area (Å²) in [6, 6.07) is 9.38. The van der Waals surface area contributed by atoms with Gasteiger partial charge in [-0.15, -0.1) is 0 Å². The maximum absolute atomic E-state index is 13.4. The number of carbonyl (C=O) groups is 3. The third-order valence-electron chi connectivity index (χ3n) is 7.05. The number of imide groups is 2. The van der Waals surface area contributed by atoms with Crippen LogP contribution in [0.2, 0.25) is 0 Å². The van der Waals surface area contributed by atoms with Gasteiger partial charge in [0, 0.05) is 17.3 Å². The van der Waals surface area contributed by atoms with Crippen LogP contribution in [0, 0.1) is 20.8 Å². The van der Waals surface area contributed by atoms with E-state index in [1.54, 1.807) is 18.2 Å². The van der Waals surface area contributed by atoms with E-state index < -0.39 is 17.8 Å². The van der Waals surface area contributed by atoms with E-state index >= 15 is 0 Å². The van der Waals surface area contributed by atoms with Crippen LogP contribution in [0.5, 0.6) is 0 Å². The summed E-state index contributed by atoms with van der Waals surface area (Å²) in [4.78, 5) is 42.3. The van der Waals surface area contributed by atoms with Gasteiger partial charge in [-0.05, 0) is 119 Å². The summed E-state index contributed by atoms with van der Waals surface area (Å²) in [5.74, 6) is -0.952. The molecule has 2 aliphatic rings. The van der Waals surface area contributed by atoms with Crippen molar-refractivity contribution in [3.05, 3.63) is 63.7 Å². The van der Waals surface area contributed by atoms with Crippen LogP contribution in [0.15, 0.2) is 35.9 Å². The highest BCUT2D eigenvalue weighted by Crippen LogP contribution is 2.45. The van der Waals surface area contributed by atoms with Gasteiger partial charge in [0.15, 0.2) is 0 Å². The van der Waals surface area contributed by atoms with Crippen LogP contribution in [0.3, 0.4) is 0 Å². The molecule has 2 aromatic rings. The number of anilines is 2. The van der Waals surface area contributed by atoms with Crippen LogP contribution in [-0.2, 0) is 9.59 Å². The zero-order chi connectivity index (χ0) is 25.8. The molecule has 1 saturated heterocycles. The summed E-state index contributed by atoms with van der Waals surface area (Å²) < 4.78 is 0. The molecule has 2 heterocycles. The lowest BCUT2D eigenvalue weighted by molar-refractivity contribution is -0.122. The lowest BCUT2D eigenvalue weighted by Gasteiger charge is -2.50. The van der Waals surface area contributed by atoms with Crippen molar-refractivity contribution in [2.24, 2.45) is 0 Å². The highest BCUT2D eigenvalue weighted by atomic mass is 16.2. The summed E-state index contributed by atoms with van der Waals surface area (Å²) in [6.45, 7) is 17.0.